The van der Waals surface area contributed by atoms with Crippen LogP contribution in [-0.4, -0.2) is 5.11 Å². The van der Waals surface area contributed by atoms with Crippen LogP contribution in [0.2, 0.25) is 0 Å². The number of nitriles is 1. The Hall–Kier alpha value is -1.60. The van der Waals surface area contributed by atoms with Crippen molar-refractivity contribution in [2.45, 2.75) is 19.4 Å². The quantitative estimate of drug-likeness (QED) is 0.753. The number of aryl methyl sites for hydroxylation is 1. The maximum atomic E-state index is 13.0. The van der Waals surface area contributed by atoms with Gasteiger partial charge < -0.3 is 10.8 Å². The Kier molecular flexibility index (Phi) is 3.05. The van der Waals surface area contributed by atoms with Crippen molar-refractivity contribution in [3.63, 3.8) is 0 Å². The summed E-state index contributed by atoms with van der Waals surface area (Å²) in [6.07, 6.45) is 0.0534. The van der Waals surface area contributed by atoms with E-state index >= 15 is 0 Å². The van der Waals surface area contributed by atoms with Crippen molar-refractivity contribution in [1.29, 1.82) is 5.26 Å². The molecule has 1 rings (SSSR count). The van der Waals surface area contributed by atoms with Crippen molar-refractivity contribution in [3.05, 3.63) is 29.1 Å². The van der Waals surface area contributed by atoms with Crippen molar-refractivity contribution >= 4 is 0 Å². The van der Waals surface area contributed by atoms with Crippen molar-refractivity contribution < 1.29 is 9.50 Å². The molecule has 0 bridgehead atoms. The molecule has 0 aromatic heterocycles. The van der Waals surface area contributed by atoms with Crippen LogP contribution >= 0.6 is 0 Å². The van der Waals surface area contributed by atoms with Crippen LogP contribution in [0.3, 0.4) is 0 Å². The summed E-state index contributed by atoms with van der Waals surface area (Å²) in [5.41, 5.74) is 6.63. The summed E-state index contributed by atoms with van der Waals surface area (Å²) in [6, 6.07) is 3.94. The van der Waals surface area contributed by atoms with E-state index in [1.54, 1.807) is 6.92 Å². The number of phenols is 1. The molecule has 0 unspecified atom stereocenters. The van der Waals surface area contributed by atoms with E-state index in [0.29, 0.717) is 11.1 Å². The molecule has 0 heterocycles. The average molecular weight is 194 g/mol. The number of hydrogen-bond acceptors (Lipinski definition) is 3. The second-order valence-electron chi connectivity index (χ2n) is 3.10. The Morgan fingerprint density at radius 1 is 1.64 bits per heavy atom. The predicted octanol–water partition coefficient (Wildman–Crippen LogP) is 1.75. The fourth-order valence-corrected chi connectivity index (χ4v) is 1.35. The SMILES string of the molecule is Cc1ccc(F)c(O)c1[C@H](N)CC#N. The van der Waals surface area contributed by atoms with Gasteiger partial charge in [0.1, 0.15) is 0 Å². The molecule has 3 N–H and O–H groups in total. The molecular formula is C10H11FN2O. The minimum atomic E-state index is -0.709. The zero-order valence-corrected chi connectivity index (χ0v) is 7.79. The molecule has 1 aromatic carbocycles. The number of phenolic OH excluding ortho intramolecular Hbond substituents is 1. The van der Waals surface area contributed by atoms with Gasteiger partial charge in [0, 0.05) is 11.6 Å². The lowest BCUT2D eigenvalue weighted by Gasteiger charge is -2.13. The van der Waals surface area contributed by atoms with Crippen LogP contribution in [0.4, 0.5) is 4.39 Å². The van der Waals surface area contributed by atoms with Crippen molar-refractivity contribution in [2.24, 2.45) is 5.73 Å². The molecular weight excluding hydrogens is 183 g/mol. The highest BCUT2D eigenvalue weighted by atomic mass is 19.1. The molecule has 0 saturated carbocycles. The van der Waals surface area contributed by atoms with E-state index in [1.165, 1.54) is 12.1 Å². The fourth-order valence-electron chi connectivity index (χ4n) is 1.35. The lowest BCUT2D eigenvalue weighted by Crippen LogP contribution is -2.11. The van der Waals surface area contributed by atoms with Crippen LogP contribution in [0.15, 0.2) is 12.1 Å². The zero-order chi connectivity index (χ0) is 10.7. The first kappa shape index (κ1) is 10.5. The lowest BCUT2D eigenvalue weighted by molar-refractivity contribution is 0.420. The maximum Gasteiger partial charge on any atom is 0.165 e. The molecule has 0 radical (unpaired) electrons. The van der Waals surface area contributed by atoms with Gasteiger partial charge in [0.15, 0.2) is 11.6 Å². The summed E-state index contributed by atoms with van der Waals surface area (Å²) >= 11 is 0. The molecule has 4 heteroatoms. The van der Waals surface area contributed by atoms with Crippen molar-refractivity contribution in [3.8, 4) is 11.8 Å². The van der Waals surface area contributed by atoms with Gasteiger partial charge in [0.2, 0.25) is 0 Å². The van der Waals surface area contributed by atoms with Crippen molar-refractivity contribution in [1.82, 2.24) is 0 Å². The number of nitrogens with two attached hydrogens (primary N) is 1. The van der Waals surface area contributed by atoms with Crippen LogP contribution in [-0.2, 0) is 0 Å². The van der Waals surface area contributed by atoms with Gasteiger partial charge in [-0.3, -0.25) is 0 Å². The lowest BCUT2D eigenvalue weighted by atomic mass is 9.98. The van der Waals surface area contributed by atoms with Gasteiger partial charge in [0.25, 0.3) is 0 Å². The Bertz CT molecular complexity index is 384. The Morgan fingerprint density at radius 2 is 2.29 bits per heavy atom. The summed E-state index contributed by atoms with van der Waals surface area (Å²) in [5.74, 6) is -1.16. The van der Waals surface area contributed by atoms with Crippen LogP contribution in [0, 0.1) is 24.1 Å². The molecule has 74 valence electrons. The summed E-state index contributed by atoms with van der Waals surface area (Å²) < 4.78 is 13.0. The van der Waals surface area contributed by atoms with E-state index in [4.69, 9.17) is 11.0 Å². The molecule has 0 fully saturated rings. The molecule has 0 aliphatic carbocycles. The topological polar surface area (TPSA) is 70.0 Å². The first-order chi connectivity index (χ1) is 6.57. The third kappa shape index (κ3) is 1.83. The third-order valence-corrected chi connectivity index (χ3v) is 2.07. The molecule has 0 amide bonds. The van der Waals surface area contributed by atoms with Gasteiger partial charge in [-0.05, 0) is 18.6 Å². The van der Waals surface area contributed by atoms with E-state index in [-0.39, 0.29) is 6.42 Å². The molecule has 3 nitrogen and oxygen atoms in total. The van der Waals surface area contributed by atoms with Crippen LogP contribution in [0.1, 0.15) is 23.6 Å². The highest BCUT2D eigenvalue weighted by molar-refractivity contribution is 5.42. The normalized spacial score (nSPS) is 12.1. The van der Waals surface area contributed by atoms with E-state index in [9.17, 15) is 9.50 Å². The van der Waals surface area contributed by atoms with Crippen LogP contribution < -0.4 is 5.73 Å². The van der Waals surface area contributed by atoms with Gasteiger partial charge >= 0.3 is 0 Å². The number of aromatic hydroxyl groups is 1. The number of nitrogens with zero attached hydrogens (tertiary/aromatic N) is 1. The summed E-state index contributed by atoms with van der Waals surface area (Å²) in [6.45, 7) is 1.71. The molecule has 0 saturated heterocycles. The third-order valence-electron chi connectivity index (χ3n) is 2.07. The minimum Gasteiger partial charge on any atom is -0.505 e. The molecule has 1 atom stereocenters. The molecule has 0 aliphatic heterocycles. The minimum absolute atomic E-state index is 0.0534. The fraction of sp³-hybridized carbons (Fsp3) is 0.300. The van der Waals surface area contributed by atoms with E-state index in [1.807, 2.05) is 6.07 Å². The van der Waals surface area contributed by atoms with Crippen molar-refractivity contribution in [2.75, 3.05) is 0 Å². The number of rotatable bonds is 2. The van der Waals surface area contributed by atoms with Gasteiger partial charge in [-0.25, -0.2) is 4.39 Å². The first-order valence-electron chi connectivity index (χ1n) is 4.18. The van der Waals surface area contributed by atoms with E-state index in [0.717, 1.165) is 0 Å². The smallest absolute Gasteiger partial charge is 0.165 e. The monoisotopic (exact) mass is 194 g/mol. The Morgan fingerprint density at radius 3 is 2.86 bits per heavy atom. The van der Waals surface area contributed by atoms with E-state index < -0.39 is 17.6 Å². The van der Waals surface area contributed by atoms with Gasteiger partial charge in [-0.1, -0.05) is 6.07 Å². The largest absolute Gasteiger partial charge is 0.505 e. The van der Waals surface area contributed by atoms with Gasteiger partial charge in [-0.15, -0.1) is 0 Å². The standard InChI is InChI=1S/C10H11FN2O/c1-6-2-3-7(11)10(14)9(6)8(13)4-5-12/h2-3,8,14H,4,13H2,1H3/t8-/m1/s1. The average Bonchev–Trinajstić information content (AvgIpc) is 2.13. The first-order valence-corrected chi connectivity index (χ1v) is 4.18. The number of benzene rings is 1. The molecule has 14 heavy (non-hydrogen) atoms. The Balaban J connectivity index is 3.19. The predicted molar refractivity (Wildman–Crippen MR) is 50.0 cm³/mol. The van der Waals surface area contributed by atoms with Crippen LogP contribution in [0.25, 0.3) is 0 Å². The Labute approximate surface area is 81.6 Å². The second-order valence-corrected chi connectivity index (χ2v) is 3.10. The molecule has 1 aromatic rings. The number of hydrogen-bond donors (Lipinski definition) is 2. The van der Waals surface area contributed by atoms with Gasteiger partial charge in [0.05, 0.1) is 12.5 Å². The second kappa shape index (κ2) is 4.07. The van der Waals surface area contributed by atoms with E-state index in [2.05, 4.69) is 0 Å². The van der Waals surface area contributed by atoms with Gasteiger partial charge in [-0.2, -0.15) is 5.26 Å². The summed E-state index contributed by atoms with van der Waals surface area (Å²) in [7, 11) is 0. The summed E-state index contributed by atoms with van der Waals surface area (Å²) in [5, 5.41) is 17.9. The maximum absolute atomic E-state index is 13.0. The molecule has 0 aliphatic rings. The highest BCUT2D eigenvalue weighted by Crippen LogP contribution is 2.30. The number of halogens is 1. The van der Waals surface area contributed by atoms with Crippen LogP contribution in [0.5, 0.6) is 5.75 Å². The highest BCUT2D eigenvalue weighted by Gasteiger charge is 2.16. The zero-order valence-electron chi connectivity index (χ0n) is 7.79. The summed E-state index contributed by atoms with van der Waals surface area (Å²) in [4.78, 5) is 0. The molecule has 0 spiro atoms.